The van der Waals surface area contributed by atoms with Crippen molar-refractivity contribution in [1.82, 2.24) is 34.9 Å². The summed E-state index contributed by atoms with van der Waals surface area (Å²) < 4.78 is 8.11. The summed E-state index contributed by atoms with van der Waals surface area (Å²) in [5.74, 6) is -0.0133. The summed E-state index contributed by atoms with van der Waals surface area (Å²) in [6.45, 7) is 3.74. The number of nitrogen functional groups attached to an aromatic ring is 1. The van der Waals surface area contributed by atoms with Gasteiger partial charge in [0.2, 0.25) is 11.8 Å². The van der Waals surface area contributed by atoms with Crippen molar-refractivity contribution in [3.05, 3.63) is 90.3 Å². The van der Waals surface area contributed by atoms with Gasteiger partial charge in [-0.15, -0.1) is 0 Å². The molecule has 14 nitrogen and oxygen atoms in total. The van der Waals surface area contributed by atoms with Crippen molar-refractivity contribution < 1.29 is 23.9 Å². The van der Waals surface area contributed by atoms with E-state index in [0.717, 1.165) is 103 Å². The maximum atomic E-state index is 13.4. The number of likely N-dealkylation sites (tertiary alicyclic amines) is 1. The number of carbonyl (C=O) groups excluding carboxylic acids is 4. The lowest BCUT2D eigenvalue weighted by Crippen LogP contribution is -2.61. The van der Waals surface area contributed by atoms with Crippen molar-refractivity contribution in [2.75, 3.05) is 36.8 Å². The third-order valence-corrected chi connectivity index (χ3v) is 12.7. The molecule has 4 aliphatic heterocycles. The van der Waals surface area contributed by atoms with E-state index in [1.54, 1.807) is 12.1 Å². The Morgan fingerprint density at radius 2 is 1.55 bits per heavy atom. The summed E-state index contributed by atoms with van der Waals surface area (Å²) in [6.07, 6.45) is 7.22. The molecule has 3 aromatic carbocycles. The second-order valence-corrected chi connectivity index (χ2v) is 15.9. The maximum Gasteiger partial charge on any atom is 0.262 e. The van der Waals surface area contributed by atoms with Gasteiger partial charge in [0.05, 0.1) is 22.6 Å². The molecule has 2 unspecified atom stereocenters. The molecule has 2 atom stereocenters. The number of nitrogens with two attached hydrogens (primary N) is 1. The molecule has 4 amide bonds. The highest BCUT2D eigenvalue weighted by Gasteiger charge is 2.47. The van der Waals surface area contributed by atoms with Crippen LogP contribution in [0.4, 0.5) is 11.5 Å². The van der Waals surface area contributed by atoms with Gasteiger partial charge >= 0.3 is 0 Å². The van der Waals surface area contributed by atoms with Gasteiger partial charge in [0, 0.05) is 36.8 Å². The number of aromatic nitrogens is 4. The minimum Gasteiger partial charge on any atom is -0.457 e. The number of para-hydroxylation sites is 1. The van der Waals surface area contributed by atoms with Gasteiger partial charge in [-0.1, -0.05) is 18.2 Å². The quantitative estimate of drug-likeness (QED) is 0.216. The van der Waals surface area contributed by atoms with E-state index < -0.39 is 23.8 Å². The molecule has 1 spiro atoms. The third kappa shape index (κ3) is 5.78. The minimum absolute atomic E-state index is 0.0956. The Labute approximate surface area is 322 Å². The van der Waals surface area contributed by atoms with E-state index >= 15 is 0 Å². The topological polar surface area (TPSA) is 169 Å². The van der Waals surface area contributed by atoms with Gasteiger partial charge in [0.15, 0.2) is 5.65 Å². The average Bonchev–Trinajstić information content (AvgIpc) is 3.85. The predicted molar refractivity (Wildman–Crippen MR) is 207 cm³/mol. The zero-order chi connectivity index (χ0) is 38.1. The van der Waals surface area contributed by atoms with Crippen LogP contribution in [0.3, 0.4) is 0 Å². The SMILES string of the molecule is Nc1ncnc2c1c(-c1ccc(Oc3ccccc3)cc1)nn2C1CCC2(CCN(C3CN(c4ccc5c(c4)C(=O)N(C4CCC(=O)NC4=O)C5=O)C3)CC2)C1. The van der Waals surface area contributed by atoms with E-state index in [1.165, 1.54) is 6.33 Å². The van der Waals surface area contributed by atoms with Crippen LogP contribution in [0, 0.1) is 5.41 Å². The van der Waals surface area contributed by atoms with E-state index in [2.05, 4.69) is 24.8 Å². The Morgan fingerprint density at radius 1 is 0.804 bits per heavy atom. The summed E-state index contributed by atoms with van der Waals surface area (Å²) in [5.41, 5.74) is 10.7. The maximum absolute atomic E-state index is 13.4. The summed E-state index contributed by atoms with van der Waals surface area (Å²) in [7, 11) is 0. The second-order valence-electron chi connectivity index (χ2n) is 15.9. The molecule has 6 heterocycles. The molecule has 0 bridgehead atoms. The van der Waals surface area contributed by atoms with Crippen LogP contribution in [0.1, 0.15) is 71.7 Å². The summed E-state index contributed by atoms with van der Waals surface area (Å²) in [6, 6.07) is 22.6. The first-order chi connectivity index (χ1) is 27.2. The third-order valence-electron chi connectivity index (χ3n) is 12.7. The van der Waals surface area contributed by atoms with Gasteiger partial charge < -0.3 is 15.4 Å². The number of fused-ring (bicyclic) bond motifs is 2. The van der Waals surface area contributed by atoms with Crippen LogP contribution in [0.25, 0.3) is 22.3 Å². The van der Waals surface area contributed by atoms with Crippen molar-refractivity contribution in [1.29, 1.82) is 0 Å². The summed E-state index contributed by atoms with van der Waals surface area (Å²) in [5, 5.41) is 8.20. The Balaban J connectivity index is 0.779. The molecule has 5 aliphatic rings. The number of rotatable bonds is 7. The van der Waals surface area contributed by atoms with Gasteiger partial charge in [-0.05, 0) is 112 Å². The van der Waals surface area contributed by atoms with Crippen LogP contribution in [-0.4, -0.2) is 91.4 Å². The lowest BCUT2D eigenvalue weighted by atomic mass is 9.76. The minimum atomic E-state index is -0.969. The first kappa shape index (κ1) is 34.3. The molecule has 284 valence electrons. The molecule has 3 saturated heterocycles. The number of ether oxygens (including phenoxy) is 1. The summed E-state index contributed by atoms with van der Waals surface area (Å²) in [4.78, 5) is 65.5. The first-order valence-electron chi connectivity index (χ1n) is 19.4. The van der Waals surface area contributed by atoms with Crippen LogP contribution in [-0.2, 0) is 9.59 Å². The lowest BCUT2D eigenvalue weighted by Gasteiger charge is -2.50. The molecule has 4 fully saturated rings. The molecule has 10 rings (SSSR count). The number of nitrogens with one attached hydrogen (secondary N) is 1. The standard InChI is InChI=1S/C42H41N9O5/c43-37-35-36(25-6-9-30(10-7-25)56-29-4-2-1-3-5-29)47-51(38(35)45-24-44-37)27-14-15-42(21-27)16-18-48(19-17-42)28-22-49(23-28)26-8-11-31-32(20-26)41(55)50(40(31)54)33-12-13-34(52)46-39(33)53/h1-11,20,24,27-28,33H,12-19,21-23H2,(H2,43,44,45)(H,46,52,53). The van der Waals surface area contributed by atoms with Gasteiger partial charge in [-0.25, -0.2) is 14.6 Å². The second kappa shape index (κ2) is 13.3. The monoisotopic (exact) mass is 751 g/mol. The van der Waals surface area contributed by atoms with Crippen LogP contribution in [0.5, 0.6) is 11.5 Å². The fourth-order valence-corrected chi connectivity index (χ4v) is 9.51. The lowest BCUT2D eigenvalue weighted by molar-refractivity contribution is -0.136. The highest BCUT2D eigenvalue weighted by Crippen LogP contribution is 2.52. The van der Waals surface area contributed by atoms with Gasteiger partial charge in [0.25, 0.3) is 11.8 Å². The number of anilines is 2. The van der Waals surface area contributed by atoms with Crippen LogP contribution >= 0.6 is 0 Å². The number of piperidine rings is 2. The Hall–Kier alpha value is -6.15. The number of carbonyl (C=O) groups is 4. The Morgan fingerprint density at radius 3 is 2.32 bits per heavy atom. The summed E-state index contributed by atoms with van der Waals surface area (Å²) >= 11 is 0. The van der Waals surface area contributed by atoms with Crippen molar-refractivity contribution in [2.45, 2.75) is 63.1 Å². The number of hydrogen-bond acceptors (Lipinski definition) is 11. The van der Waals surface area contributed by atoms with E-state index in [0.29, 0.717) is 23.0 Å². The van der Waals surface area contributed by atoms with E-state index in [9.17, 15) is 19.2 Å². The number of amides is 4. The smallest absolute Gasteiger partial charge is 0.262 e. The average molecular weight is 752 g/mol. The molecule has 2 aromatic heterocycles. The normalized spacial score (nSPS) is 22.5. The van der Waals surface area contributed by atoms with Crippen LogP contribution < -0.4 is 20.7 Å². The zero-order valence-corrected chi connectivity index (χ0v) is 30.8. The molecule has 1 saturated carbocycles. The highest BCUT2D eigenvalue weighted by atomic mass is 16.5. The highest BCUT2D eigenvalue weighted by molar-refractivity contribution is 6.23. The van der Waals surface area contributed by atoms with E-state index in [4.69, 9.17) is 20.6 Å². The molecule has 14 heteroatoms. The van der Waals surface area contributed by atoms with E-state index in [1.807, 2.05) is 60.7 Å². The first-order valence-corrected chi connectivity index (χ1v) is 19.4. The predicted octanol–water partition coefficient (Wildman–Crippen LogP) is 4.97. The zero-order valence-electron chi connectivity index (χ0n) is 30.8. The van der Waals surface area contributed by atoms with Gasteiger partial charge in [-0.2, -0.15) is 5.10 Å². The fraction of sp³-hybridized carbons (Fsp3) is 0.357. The van der Waals surface area contributed by atoms with Crippen LogP contribution in [0.2, 0.25) is 0 Å². The Bertz CT molecular complexity index is 2400. The Kier molecular flexibility index (Phi) is 8.13. The molecule has 1 aliphatic carbocycles. The number of nitrogens with zero attached hydrogens (tertiary/aromatic N) is 7. The fourth-order valence-electron chi connectivity index (χ4n) is 9.51. The largest absolute Gasteiger partial charge is 0.457 e. The molecule has 0 radical (unpaired) electrons. The number of imide groups is 2. The number of hydrogen-bond donors (Lipinski definition) is 2. The molecule has 56 heavy (non-hydrogen) atoms. The van der Waals surface area contributed by atoms with E-state index in [-0.39, 0.29) is 30.2 Å². The molecule has 5 aromatic rings. The molecule has 3 N–H and O–H groups in total. The van der Waals surface area contributed by atoms with Crippen molar-refractivity contribution in [2.24, 2.45) is 5.41 Å². The molecular formula is C42H41N9O5. The molecular weight excluding hydrogens is 711 g/mol. The number of benzene rings is 3. The van der Waals surface area contributed by atoms with Gasteiger partial charge in [-0.3, -0.25) is 34.3 Å². The van der Waals surface area contributed by atoms with Crippen molar-refractivity contribution in [3.8, 4) is 22.8 Å². The van der Waals surface area contributed by atoms with Crippen molar-refractivity contribution in [3.63, 3.8) is 0 Å². The van der Waals surface area contributed by atoms with Gasteiger partial charge in [0.1, 0.15) is 35.4 Å². The van der Waals surface area contributed by atoms with Crippen LogP contribution in [0.15, 0.2) is 79.1 Å². The van der Waals surface area contributed by atoms with Crippen molar-refractivity contribution >= 4 is 46.2 Å².